The van der Waals surface area contributed by atoms with Gasteiger partial charge in [-0.3, -0.25) is 15.0 Å². The van der Waals surface area contributed by atoms with Crippen LogP contribution in [0.1, 0.15) is 37.8 Å². The van der Waals surface area contributed by atoms with Crippen molar-refractivity contribution in [2.24, 2.45) is 5.92 Å². The van der Waals surface area contributed by atoms with Crippen LogP contribution in [0.3, 0.4) is 0 Å². The maximum atomic E-state index is 13.9. The van der Waals surface area contributed by atoms with E-state index in [1.54, 1.807) is 23.7 Å². The fourth-order valence-electron chi connectivity index (χ4n) is 4.67. The van der Waals surface area contributed by atoms with E-state index in [0.29, 0.717) is 24.3 Å². The Morgan fingerprint density at radius 1 is 1.09 bits per heavy atom. The lowest BCUT2D eigenvalue weighted by molar-refractivity contribution is -0.135. The number of carbonyl (C=O) groups is 1. The molecule has 1 aliphatic carbocycles. The fraction of sp³-hybridized carbons (Fsp3) is 0.360. The highest BCUT2D eigenvalue weighted by atomic mass is 35.5. The summed E-state index contributed by atoms with van der Waals surface area (Å²) in [5.41, 5.74) is 2.97. The normalized spacial score (nSPS) is 15.4. The first-order valence-electron chi connectivity index (χ1n) is 11.4. The predicted octanol–water partition coefficient (Wildman–Crippen LogP) is 4.31. The summed E-state index contributed by atoms with van der Waals surface area (Å²) in [5.74, 6) is -0.419. The zero-order valence-corrected chi connectivity index (χ0v) is 21.1. The molecule has 2 N–H and O–H groups in total. The van der Waals surface area contributed by atoms with Crippen LogP contribution >= 0.6 is 12.4 Å². The molecule has 3 aromatic rings. The molecular formula is C25H30ClN3O5S. The van der Waals surface area contributed by atoms with E-state index in [2.05, 4.69) is 4.98 Å². The Labute approximate surface area is 211 Å². The van der Waals surface area contributed by atoms with E-state index in [0.717, 1.165) is 30.2 Å². The summed E-state index contributed by atoms with van der Waals surface area (Å²) in [7, 11) is -2.61. The van der Waals surface area contributed by atoms with E-state index < -0.39 is 22.0 Å². The highest BCUT2D eigenvalue weighted by molar-refractivity contribution is 7.89. The lowest BCUT2D eigenvalue weighted by Crippen LogP contribution is -2.52. The highest BCUT2D eigenvalue weighted by Crippen LogP contribution is 2.33. The number of para-hydroxylation sites is 1. The third-order valence-corrected chi connectivity index (χ3v) is 8.27. The van der Waals surface area contributed by atoms with Crippen molar-refractivity contribution in [2.75, 3.05) is 7.11 Å². The van der Waals surface area contributed by atoms with Gasteiger partial charge in [0.1, 0.15) is 11.8 Å². The number of aromatic nitrogens is 1. The maximum absolute atomic E-state index is 13.9. The topological polar surface area (TPSA) is 109 Å². The first-order valence-corrected chi connectivity index (χ1v) is 12.8. The molecule has 1 saturated carbocycles. The molecule has 0 radical (unpaired) electrons. The average Bonchev–Trinajstić information content (AvgIpc) is 2.88. The second kappa shape index (κ2) is 11.8. The van der Waals surface area contributed by atoms with E-state index in [4.69, 9.17) is 4.74 Å². The molecule has 2 aromatic carbocycles. The molecule has 0 aliphatic heterocycles. The molecule has 1 unspecified atom stereocenters. The van der Waals surface area contributed by atoms with Crippen molar-refractivity contribution in [1.82, 2.24) is 14.8 Å². The predicted molar refractivity (Wildman–Crippen MR) is 135 cm³/mol. The van der Waals surface area contributed by atoms with Crippen molar-refractivity contribution >= 4 is 39.2 Å². The van der Waals surface area contributed by atoms with Crippen LogP contribution < -0.4 is 10.2 Å². The largest absolute Gasteiger partial charge is 0.497 e. The van der Waals surface area contributed by atoms with Gasteiger partial charge in [-0.05, 0) is 55.2 Å². The van der Waals surface area contributed by atoms with Gasteiger partial charge in [0.25, 0.3) is 5.91 Å². The number of halogens is 1. The molecule has 1 amide bonds. The number of carbonyl (C=O) groups excluding carboxylic acids is 1. The Balaban J connectivity index is 0.00000342. The third-order valence-electron chi connectivity index (χ3n) is 6.43. The Hall–Kier alpha value is -2.72. The summed E-state index contributed by atoms with van der Waals surface area (Å²) < 4.78 is 34.1. The van der Waals surface area contributed by atoms with Gasteiger partial charge in [0.05, 0.1) is 29.8 Å². The first-order chi connectivity index (χ1) is 16.4. The number of hydrogen-bond donors (Lipinski definition) is 2. The number of pyridine rings is 1. The Morgan fingerprint density at radius 3 is 2.43 bits per heavy atom. The van der Waals surface area contributed by atoms with Gasteiger partial charge >= 0.3 is 0 Å². The van der Waals surface area contributed by atoms with E-state index in [1.807, 2.05) is 30.3 Å². The molecule has 0 saturated heterocycles. The monoisotopic (exact) mass is 519 g/mol. The molecule has 4 rings (SSSR count). The summed E-state index contributed by atoms with van der Waals surface area (Å²) in [6, 6.07) is 16.2. The van der Waals surface area contributed by atoms with Gasteiger partial charge in [-0.15, -0.1) is 12.4 Å². The minimum atomic E-state index is -4.12. The summed E-state index contributed by atoms with van der Waals surface area (Å²) in [6.07, 6.45) is 4.27. The van der Waals surface area contributed by atoms with Crippen LogP contribution in [0.15, 0.2) is 65.6 Å². The van der Waals surface area contributed by atoms with Crippen LogP contribution in [-0.4, -0.2) is 42.0 Å². The molecule has 1 aliphatic rings. The average molecular weight is 520 g/mol. The van der Waals surface area contributed by atoms with Crippen molar-refractivity contribution in [2.45, 2.75) is 49.6 Å². The number of benzene rings is 2. The number of nitrogens with zero attached hydrogens (tertiary/aromatic N) is 2. The standard InChI is InChI=1S/C25H29N3O5S.ClH/c1-33-21-13-15-22(16-14-21)34(31,32)28(24(25(29)27-30)19-8-3-2-4-9-19)17-20-12-11-18-7-5-6-10-23(18)26-20;/h5-7,10-16,19,24,30H,2-4,8-9,17H2,1H3,(H,27,29);1H. The van der Waals surface area contributed by atoms with Crippen molar-refractivity contribution in [3.63, 3.8) is 0 Å². The molecule has 0 spiro atoms. The van der Waals surface area contributed by atoms with E-state index in [-0.39, 0.29) is 29.8 Å². The molecular weight excluding hydrogens is 490 g/mol. The molecule has 188 valence electrons. The third kappa shape index (κ3) is 5.92. The molecule has 35 heavy (non-hydrogen) atoms. The van der Waals surface area contributed by atoms with Crippen molar-refractivity contribution in [1.29, 1.82) is 0 Å². The van der Waals surface area contributed by atoms with E-state index in [1.165, 1.54) is 23.5 Å². The molecule has 1 atom stereocenters. The quantitative estimate of drug-likeness (QED) is 0.339. The van der Waals surface area contributed by atoms with E-state index in [9.17, 15) is 18.4 Å². The zero-order valence-electron chi connectivity index (χ0n) is 19.5. The Morgan fingerprint density at radius 2 is 1.77 bits per heavy atom. The van der Waals surface area contributed by atoms with Crippen LogP contribution in [-0.2, 0) is 21.4 Å². The summed E-state index contributed by atoms with van der Waals surface area (Å²) in [4.78, 5) is 17.6. The Bertz CT molecular complexity index is 1250. The number of fused-ring (bicyclic) bond motifs is 1. The fourth-order valence-corrected chi connectivity index (χ4v) is 6.29. The van der Waals surface area contributed by atoms with Gasteiger partial charge < -0.3 is 4.74 Å². The molecule has 0 bridgehead atoms. The van der Waals surface area contributed by atoms with Gasteiger partial charge in [-0.2, -0.15) is 4.31 Å². The van der Waals surface area contributed by atoms with Crippen LogP contribution in [0.5, 0.6) is 5.75 Å². The summed E-state index contributed by atoms with van der Waals surface area (Å²) in [5, 5.41) is 10.5. The number of methoxy groups -OCH3 is 1. The van der Waals surface area contributed by atoms with Crippen molar-refractivity contribution in [3.05, 3.63) is 66.4 Å². The number of sulfonamides is 1. The molecule has 1 aromatic heterocycles. The lowest BCUT2D eigenvalue weighted by Gasteiger charge is -2.36. The molecule has 1 fully saturated rings. The van der Waals surface area contributed by atoms with Gasteiger partial charge in [0, 0.05) is 5.39 Å². The lowest BCUT2D eigenvalue weighted by atomic mass is 9.83. The minimum absolute atomic E-state index is 0. The number of hydroxylamine groups is 1. The number of rotatable bonds is 8. The second-order valence-corrected chi connectivity index (χ2v) is 10.4. The number of hydrogen-bond acceptors (Lipinski definition) is 6. The van der Waals surface area contributed by atoms with Gasteiger partial charge in [0.2, 0.25) is 10.0 Å². The van der Waals surface area contributed by atoms with Gasteiger partial charge in [-0.1, -0.05) is 43.5 Å². The van der Waals surface area contributed by atoms with Crippen LogP contribution in [0.25, 0.3) is 10.9 Å². The second-order valence-electron chi connectivity index (χ2n) is 8.54. The highest BCUT2D eigenvalue weighted by Gasteiger charge is 2.41. The summed E-state index contributed by atoms with van der Waals surface area (Å²) in [6.45, 7) is -0.103. The SMILES string of the molecule is COc1ccc(S(=O)(=O)N(Cc2ccc3ccccc3n2)C(C(=O)NO)C2CCCCC2)cc1.Cl. The Kier molecular flexibility index (Phi) is 9.07. The molecule has 10 heteroatoms. The summed E-state index contributed by atoms with van der Waals surface area (Å²) >= 11 is 0. The van der Waals surface area contributed by atoms with Gasteiger partial charge in [0.15, 0.2) is 0 Å². The van der Waals surface area contributed by atoms with Crippen molar-refractivity contribution < 1.29 is 23.2 Å². The zero-order chi connectivity index (χ0) is 24.1. The number of ether oxygens (including phenoxy) is 1. The van der Waals surface area contributed by atoms with E-state index >= 15 is 0 Å². The minimum Gasteiger partial charge on any atom is -0.497 e. The number of amides is 1. The van der Waals surface area contributed by atoms with Crippen LogP contribution in [0.4, 0.5) is 0 Å². The smallest absolute Gasteiger partial charge is 0.262 e. The maximum Gasteiger partial charge on any atom is 0.262 e. The van der Waals surface area contributed by atoms with Crippen LogP contribution in [0, 0.1) is 5.92 Å². The number of nitrogens with one attached hydrogen (secondary N) is 1. The first kappa shape index (κ1) is 26.9. The molecule has 8 nitrogen and oxygen atoms in total. The van der Waals surface area contributed by atoms with Crippen LogP contribution in [0.2, 0.25) is 0 Å². The van der Waals surface area contributed by atoms with Gasteiger partial charge in [-0.25, -0.2) is 13.9 Å². The molecule has 1 heterocycles. The van der Waals surface area contributed by atoms with Crippen molar-refractivity contribution in [3.8, 4) is 5.75 Å².